The van der Waals surface area contributed by atoms with Crippen molar-refractivity contribution in [1.29, 1.82) is 0 Å². The number of hydrogen-bond acceptors (Lipinski definition) is 5. The van der Waals surface area contributed by atoms with Gasteiger partial charge in [-0.05, 0) is 38.1 Å². The molecule has 0 saturated carbocycles. The number of unbranched alkanes of at least 4 members (excludes halogenated alkanes) is 1. The third-order valence-corrected chi connectivity index (χ3v) is 3.18. The summed E-state index contributed by atoms with van der Waals surface area (Å²) < 4.78 is 0. The Morgan fingerprint density at radius 3 is 2.65 bits per heavy atom. The Balaban J connectivity index is 1.74. The van der Waals surface area contributed by atoms with Crippen LogP contribution in [-0.2, 0) is 0 Å². The van der Waals surface area contributed by atoms with Crippen LogP contribution in [0.25, 0.3) is 0 Å². The van der Waals surface area contributed by atoms with Gasteiger partial charge in [-0.2, -0.15) is 5.10 Å². The number of rotatable bonds is 5. The van der Waals surface area contributed by atoms with Crippen molar-refractivity contribution in [1.82, 2.24) is 15.1 Å². The van der Waals surface area contributed by atoms with E-state index in [0.717, 1.165) is 45.0 Å². The van der Waals surface area contributed by atoms with Crippen molar-refractivity contribution in [2.45, 2.75) is 12.8 Å². The minimum absolute atomic E-state index is 0.805. The highest BCUT2D eigenvalue weighted by Crippen LogP contribution is 2.11. The number of nitrogens with two attached hydrogens (primary N) is 1. The van der Waals surface area contributed by atoms with Crippen molar-refractivity contribution < 1.29 is 0 Å². The average molecular weight is 235 g/mol. The normalized spacial score (nSPS) is 17.4. The molecule has 0 amide bonds. The molecule has 5 nitrogen and oxygen atoms in total. The fourth-order valence-electron chi connectivity index (χ4n) is 2.14. The van der Waals surface area contributed by atoms with Gasteiger partial charge >= 0.3 is 0 Å². The lowest BCUT2D eigenvalue weighted by molar-refractivity contribution is 0.253. The van der Waals surface area contributed by atoms with Crippen molar-refractivity contribution in [3.8, 4) is 0 Å². The predicted molar refractivity (Wildman–Crippen MR) is 69.0 cm³/mol. The zero-order valence-electron chi connectivity index (χ0n) is 10.3. The minimum atomic E-state index is 0.805. The van der Waals surface area contributed by atoms with Crippen LogP contribution in [0.4, 0.5) is 5.82 Å². The molecule has 0 radical (unpaired) electrons. The molecule has 2 rings (SSSR count). The lowest BCUT2D eigenvalue weighted by Crippen LogP contribution is -2.47. The van der Waals surface area contributed by atoms with Gasteiger partial charge in [0.25, 0.3) is 0 Å². The van der Waals surface area contributed by atoms with E-state index in [1.807, 2.05) is 12.1 Å². The molecule has 1 aliphatic rings. The third kappa shape index (κ3) is 3.64. The highest BCUT2D eigenvalue weighted by atomic mass is 15.3. The van der Waals surface area contributed by atoms with Crippen LogP contribution in [0.5, 0.6) is 0 Å². The van der Waals surface area contributed by atoms with Crippen LogP contribution in [0.3, 0.4) is 0 Å². The SMILES string of the molecule is NCCCCN1CCN(c2cccnn2)CC1. The monoisotopic (exact) mass is 235 g/mol. The quantitative estimate of drug-likeness (QED) is 0.746. The lowest BCUT2D eigenvalue weighted by Gasteiger charge is -2.35. The summed E-state index contributed by atoms with van der Waals surface area (Å²) in [7, 11) is 0. The van der Waals surface area contributed by atoms with Gasteiger partial charge in [-0.3, -0.25) is 4.90 Å². The first-order valence-corrected chi connectivity index (χ1v) is 6.35. The molecule has 0 aromatic carbocycles. The molecule has 5 heteroatoms. The summed E-state index contributed by atoms with van der Waals surface area (Å²) >= 11 is 0. The fourth-order valence-corrected chi connectivity index (χ4v) is 2.14. The first kappa shape index (κ1) is 12.3. The minimum Gasteiger partial charge on any atom is -0.353 e. The molecular formula is C12H21N5. The summed E-state index contributed by atoms with van der Waals surface area (Å²) in [4.78, 5) is 4.80. The smallest absolute Gasteiger partial charge is 0.151 e. The molecule has 0 aliphatic carbocycles. The maximum atomic E-state index is 5.50. The maximum absolute atomic E-state index is 5.50. The van der Waals surface area contributed by atoms with Crippen molar-refractivity contribution in [3.05, 3.63) is 18.3 Å². The van der Waals surface area contributed by atoms with Crippen LogP contribution in [0.2, 0.25) is 0 Å². The van der Waals surface area contributed by atoms with E-state index in [1.165, 1.54) is 13.0 Å². The average Bonchev–Trinajstić information content (AvgIpc) is 2.41. The highest BCUT2D eigenvalue weighted by molar-refractivity contribution is 5.36. The van der Waals surface area contributed by atoms with Crippen LogP contribution >= 0.6 is 0 Å². The van der Waals surface area contributed by atoms with E-state index in [-0.39, 0.29) is 0 Å². The second-order valence-electron chi connectivity index (χ2n) is 4.41. The second-order valence-corrected chi connectivity index (χ2v) is 4.41. The zero-order valence-corrected chi connectivity index (χ0v) is 10.3. The van der Waals surface area contributed by atoms with E-state index >= 15 is 0 Å². The Kier molecular flexibility index (Phi) is 4.70. The van der Waals surface area contributed by atoms with E-state index in [0.29, 0.717) is 0 Å². The lowest BCUT2D eigenvalue weighted by atomic mass is 10.2. The van der Waals surface area contributed by atoms with Gasteiger partial charge in [0.2, 0.25) is 0 Å². The van der Waals surface area contributed by atoms with Gasteiger partial charge in [-0.1, -0.05) is 0 Å². The molecule has 17 heavy (non-hydrogen) atoms. The molecule has 2 heterocycles. The maximum Gasteiger partial charge on any atom is 0.151 e. The van der Waals surface area contributed by atoms with Gasteiger partial charge < -0.3 is 10.6 Å². The first-order valence-electron chi connectivity index (χ1n) is 6.35. The first-order chi connectivity index (χ1) is 8.40. The Bertz CT molecular complexity index is 308. The Hall–Kier alpha value is -1.20. The van der Waals surface area contributed by atoms with Gasteiger partial charge in [-0.15, -0.1) is 5.10 Å². The number of aromatic nitrogens is 2. The summed E-state index contributed by atoms with van der Waals surface area (Å²) in [6.07, 6.45) is 4.05. The molecule has 94 valence electrons. The largest absolute Gasteiger partial charge is 0.353 e. The van der Waals surface area contributed by atoms with Gasteiger partial charge in [-0.25, -0.2) is 0 Å². The number of anilines is 1. The van der Waals surface area contributed by atoms with Crippen LogP contribution in [0.15, 0.2) is 18.3 Å². The zero-order chi connectivity index (χ0) is 11.9. The van der Waals surface area contributed by atoms with Gasteiger partial charge in [0, 0.05) is 32.4 Å². The van der Waals surface area contributed by atoms with E-state index in [4.69, 9.17) is 5.73 Å². The van der Waals surface area contributed by atoms with E-state index in [1.54, 1.807) is 6.20 Å². The standard InChI is InChI=1S/C12H21N5/c13-5-1-2-7-16-8-10-17(11-9-16)12-4-3-6-14-15-12/h3-4,6H,1-2,5,7-11,13H2. The van der Waals surface area contributed by atoms with Gasteiger partial charge in [0.05, 0.1) is 0 Å². The number of piperazine rings is 1. The summed E-state index contributed by atoms with van der Waals surface area (Å²) in [5.41, 5.74) is 5.50. The molecule has 0 bridgehead atoms. The number of hydrogen-bond donors (Lipinski definition) is 1. The molecular weight excluding hydrogens is 214 g/mol. The topological polar surface area (TPSA) is 58.3 Å². The Morgan fingerprint density at radius 1 is 1.18 bits per heavy atom. The molecule has 1 aliphatic heterocycles. The Morgan fingerprint density at radius 2 is 2.00 bits per heavy atom. The van der Waals surface area contributed by atoms with Crippen molar-refractivity contribution in [2.24, 2.45) is 5.73 Å². The summed E-state index contributed by atoms with van der Waals surface area (Å²) in [5.74, 6) is 0.995. The van der Waals surface area contributed by atoms with Crippen LogP contribution < -0.4 is 10.6 Å². The van der Waals surface area contributed by atoms with E-state index < -0.39 is 0 Å². The van der Waals surface area contributed by atoms with Crippen LogP contribution in [0, 0.1) is 0 Å². The van der Waals surface area contributed by atoms with Gasteiger partial charge in [0.1, 0.15) is 0 Å². The summed E-state index contributed by atoms with van der Waals surface area (Å²) in [6.45, 7) is 6.29. The van der Waals surface area contributed by atoms with E-state index in [9.17, 15) is 0 Å². The molecule has 1 aromatic rings. The molecule has 0 atom stereocenters. The third-order valence-electron chi connectivity index (χ3n) is 3.18. The van der Waals surface area contributed by atoms with Crippen molar-refractivity contribution in [2.75, 3.05) is 44.2 Å². The predicted octanol–water partition coefficient (Wildman–Crippen LogP) is 0.338. The molecule has 1 saturated heterocycles. The summed E-state index contributed by atoms with van der Waals surface area (Å²) in [5, 5.41) is 8.06. The van der Waals surface area contributed by atoms with Crippen LogP contribution in [0.1, 0.15) is 12.8 Å². The highest BCUT2D eigenvalue weighted by Gasteiger charge is 2.17. The van der Waals surface area contributed by atoms with Crippen LogP contribution in [-0.4, -0.2) is 54.4 Å². The number of nitrogens with zero attached hydrogens (tertiary/aromatic N) is 4. The second kappa shape index (κ2) is 6.51. The molecule has 1 fully saturated rings. The van der Waals surface area contributed by atoms with Gasteiger partial charge in [0.15, 0.2) is 5.82 Å². The molecule has 2 N–H and O–H groups in total. The Labute approximate surface area is 103 Å². The van der Waals surface area contributed by atoms with E-state index in [2.05, 4.69) is 20.0 Å². The summed E-state index contributed by atoms with van der Waals surface area (Å²) in [6, 6.07) is 3.97. The van der Waals surface area contributed by atoms with Crippen molar-refractivity contribution >= 4 is 5.82 Å². The molecule has 0 unspecified atom stereocenters. The molecule has 1 aromatic heterocycles. The fraction of sp³-hybridized carbons (Fsp3) is 0.667. The van der Waals surface area contributed by atoms with Crippen molar-refractivity contribution in [3.63, 3.8) is 0 Å². The molecule has 0 spiro atoms.